The van der Waals surface area contributed by atoms with Gasteiger partial charge in [-0.2, -0.15) is 0 Å². The molecule has 1 atom stereocenters. The van der Waals surface area contributed by atoms with Crippen LogP contribution in [0.1, 0.15) is 16.6 Å². The van der Waals surface area contributed by atoms with E-state index in [1.807, 2.05) is 30.3 Å². The van der Waals surface area contributed by atoms with Crippen LogP contribution < -0.4 is 5.73 Å². The number of benzene rings is 1. The Morgan fingerprint density at radius 3 is 2.68 bits per heavy atom. The van der Waals surface area contributed by atoms with Crippen LogP contribution in [0.3, 0.4) is 0 Å². The molecule has 0 aliphatic heterocycles. The van der Waals surface area contributed by atoms with Gasteiger partial charge in [-0.3, -0.25) is 4.79 Å². The summed E-state index contributed by atoms with van der Waals surface area (Å²) in [7, 11) is 0. The van der Waals surface area contributed by atoms with Crippen molar-refractivity contribution in [2.75, 3.05) is 0 Å². The largest absolute Gasteiger partial charge is 0.448 e. The van der Waals surface area contributed by atoms with E-state index >= 15 is 0 Å². The van der Waals surface area contributed by atoms with E-state index in [1.54, 1.807) is 17.4 Å². The van der Waals surface area contributed by atoms with Gasteiger partial charge in [0.15, 0.2) is 6.10 Å². The van der Waals surface area contributed by atoms with E-state index in [-0.39, 0.29) is 0 Å². The number of carbonyl (C=O) groups excluding carboxylic acids is 2. The Hall–Kier alpha value is -2.25. The van der Waals surface area contributed by atoms with Crippen LogP contribution in [0, 0.1) is 0 Å². The van der Waals surface area contributed by atoms with Crippen molar-refractivity contribution >= 4 is 44.8 Å². The number of hydrogen-bond donors (Lipinski definition) is 1. The summed E-state index contributed by atoms with van der Waals surface area (Å²) in [5, 5.41) is 0.855. The Morgan fingerprint density at radius 1 is 1.18 bits per heavy atom. The standard InChI is InChI=1S/C15H12N2O3S2/c1-8(13(16)18)20-15(19)12-7-6-11(21-12)14-17-9-4-2-3-5-10(9)22-14/h2-8H,1H3,(H2,16,18)/t8-/m0/s1. The average molecular weight is 332 g/mol. The van der Waals surface area contributed by atoms with Crippen molar-refractivity contribution in [1.29, 1.82) is 0 Å². The first-order valence-electron chi connectivity index (χ1n) is 6.50. The van der Waals surface area contributed by atoms with Gasteiger partial charge in [-0.25, -0.2) is 9.78 Å². The van der Waals surface area contributed by atoms with Crippen molar-refractivity contribution < 1.29 is 14.3 Å². The second-order valence-electron chi connectivity index (χ2n) is 4.60. The summed E-state index contributed by atoms with van der Waals surface area (Å²) in [6, 6.07) is 11.4. The lowest BCUT2D eigenvalue weighted by Crippen LogP contribution is -2.30. The number of fused-ring (bicyclic) bond motifs is 1. The van der Waals surface area contributed by atoms with Gasteiger partial charge in [0.05, 0.1) is 15.1 Å². The van der Waals surface area contributed by atoms with E-state index in [4.69, 9.17) is 10.5 Å². The summed E-state index contributed by atoms with van der Waals surface area (Å²) in [4.78, 5) is 28.7. The first-order chi connectivity index (χ1) is 10.5. The van der Waals surface area contributed by atoms with Gasteiger partial charge in [0.2, 0.25) is 0 Å². The third-order valence-electron chi connectivity index (χ3n) is 3.00. The Balaban J connectivity index is 1.84. The van der Waals surface area contributed by atoms with Crippen LogP contribution in [0.4, 0.5) is 0 Å². The number of primary amides is 1. The fraction of sp³-hybridized carbons (Fsp3) is 0.133. The lowest BCUT2D eigenvalue weighted by molar-refractivity contribution is -0.125. The Labute approximate surface area is 134 Å². The first-order valence-corrected chi connectivity index (χ1v) is 8.14. The average Bonchev–Trinajstić information content (AvgIpc) is 3.13. The lowest BCUT2D eigenvalue weighted by atomic mass is 10.3. The number of hydrogen-bond acceptors (Lipinski definition) is 6. The van der Waals surface area contributed by atoms with Gasteiger partial charge >= 0.3 is 5.97 Å². The van der Waals surface area contributed by atoms with Crippen LogP contribution >= 0.6 is 22.7 Å². The molecule has 0 aliphatic carbocycles. The fourth-order valence-electron chi connectivity index (χ4n) is 1.82. The summed E-state index contributed by atoms with van der Waals surface area (Å²) in [6.45, 7) is 1.45. The molecule has 5 nitrogen and oxygen atoms in total. The van der Waals surface area contributed by atoms with Crippen LogP contribution in [0.25, 0.3) is 20.1 Å². The van der Waals surface area contributed by atoms with E-state index in [2.05, 4.69) is 4.98 Å². The van der Waals surface area contributed by atoms with E-state index < -0.39 is 18.0 Å². The van der Waals surface area contributed by atoms with Crippen LogP contribution in [0.15, 0.2) is 36.4 Å². The van der Waals surface area contributed by atoms with E-state index in [0.717, 1.165) is 20.1 Å². The molecule has 0 unspecified atom stereocenters. The summed E-state index contributed by atoms with van der Waals surface area (Å²) < 4.78 is 6.08. The molecule has 2 N–H and O–H groups in total. The maximum Gasteiger partial charge on any atom is 0.349 e. The molecule has 0 fully saturated rings. The number of thiophene rings is 1. The number of aromatic nitrogens is 1. The zero-order valence-electron chi connectivity index (χ0n) is 11.6. The molecule has 2 aromatic heterocycles. The highest BCUT2D eigenvalue weighted by Crippen LogP contribution is 2.34. The topological polar surface area (TPSA) is 82.3 Å². The van der Waals surface area contributed by atoms with Crippen molar-refractivity contribution in [3.05, 3.63) is 41.3 Å². The molecule has 3 rings (SSSR count). The van der Waals surface area contributed by atoms with Crippen molar-refractivity contribution in [3.8, 4) is 9.88 Å². The molecule has 1 amide bonds. The predicted molar refractivity (Wildman–Crippen MR) is 87.0 cm³/mol. The van der Waals surface area contributed by atoms with E-state index in [9.17, 15) is 9.59 Å². The normalized spacial score (nSPS) is 12.2. The lowest BCUT2D eigenvalue weighted by Gasteiger charge is -2.07. The molecule has 7 heteroatoms. The molecule has 0 bridgehead atoms. The van der Waals surface area contributed by atoms with E-state index in [1.165, 1.54) is 18.3 Å². The summed E-state index contributed by atoms with van der Waals surface area (Å²) >= 11 is 2.85. The van der Waals surface area contributed by atoms with Gasteiger partial charge in [-0.05, 0) is 31.2 Å². The predicted octanol–water partition coefficient (Wildman–Crippen LogP) is 3.06. The molecular formula is C15H12N2O3S2. The smallest absolute Gasteiger partial charge is 0.349 e. The molecule has 0 saturated carbocycles. The van der Waals surface area contributed by atoms with Crippen molar-refractivity contribution in [2.45, 2.75) is 13.0 Å². The van der Waals surface area contributed by atoms with Crippen molar-refractivity contribution in [2.24, 2.45) is 5.73 Å². The highest BCUT2D eigenvalue weighted by molar-refractivity contribution is 7.26. The number of nitrogens with zero attached hydrogens (tertiary/aromatic N) is 1. The fourth-order valence-corrected chi connectivity index (χ4v) is 3.73. The van der Waals surface area contributed by atoms with Crippen LogP contribution in [0.5, 0.6) is 0 Å². The molecule has 0 spiro atoms. The SMILES string of the molecule is C[C@H](OC(=O)c1ccc(-c2nc3ccccc3s2)s1)C(N)=O. The molecule has 0 radical (unpaired) electrons. The maximum atomic E-state index is 11.9. The van der Waals surface area contributed by atoms with Gasteiger partial charge in [0.25, 0.3) is 5.91 Å². The molecule has 2 heterocycles. The van der Waals surface area contributed by atoms with Crippen molar-refractivity contribution in [3.63, 3.8) is 0 Å². The van der Waals surface area contributed by atoms with E-state index in [0.29, 0.717) is 4.88 Å². The minimum absolute atomic E-state index is 0.419. The Morgan fingerprint density at radius 2 is 1.95 bits per heavy atom. The molecule has 22 heavy (non-hydrogen) atoms. The number of amides is 1. The summed E-state index contributed by atoms with van der Waals surface area (Å²) in [6.07, 6.45) is -0.944. The zero-order chi connectivity index (χ0) is 15.7. The number of rotatable bonds is 4. The second-order valence-corrected chi connectivity index (χ2v) is 6.71. The van der Waals surface area contributed by atoms with Crippen molar-refractivity contribution in [1.82, 2.24) is 4.98 Å². The highest BCUT2D eigenvalue weighted by Gasteiger charge is 2.19. The monoisotopic (exact) mass is 332 g/mol. The zero-order valence-corrected chi connectivity index (χ0v) is 13.2. The third-order valence-corrected chi connectivity index (χ3v) is 5.27. The highest BCUT2D eigenvalue weighted by atomic mass is 32.1. The summed E-state index contributed by atoms with van der Waals surface area (Å²) in [5.74, 6) is -1.22. The van der Waals surface area contributed by atoms with Crippen LogP contribution in [-0.2, 0) is 9.53 Å². The third kappa shape index (κ3) is 2.86. The molecular weight excluding hydrogens is 320 g/mol. The Bertz CT molecular complexity index is 820. The van der Waals surface area contributed by atoms with Gasteiger partial charge in [-0.15, -0.1) is 22.7 Å². The summed E-state index contributed by atoms with van der Waals surface area (Å²) in [5.41, 5.74) is 6.01. The van der Waals surface area contributed by atoms with Gasteiger partial charge in [0.1, 0.15) is 9.88 Å². The minimum atomic E-state index is -0.944. The molecule has 0 aliphatic rings. The minimum Gasteiger partial charge on any atom is -0.448 e. The molecule has 3 aromatic rings. The van der Waals surface area contributed by atoms with Crippen LogP contribution in [-0.4, -0.2) is 23.0 Å². The first kappa shape index (κ1) is 14.7. The molecule has 1 aromatic carbocycles. The number of para-hydroxylation sites is 1. The number of nitrogens with two attached hydrogens (primary N) is 1. The Kier molecular flexibility index (Phi) is 3.91. The maximum absolute atomic E-state index is 11.9. The van der Waals surface area contributed by atoms with Gasteiger partial charge in [0, 0.05) is 0 Å². The van der Waals surface area contributed by atoms with Gasteiger partial charge < -0.3 is 10.5 Å². The second kappa shape index (κ2) is 5.86. The number of carbonyl (C=O) groups is 2. The number of esters is 1. The van der Waals surface area contributed by atoms with Gasteiger partial charge in [-0.1, -0.05) is 12.1 Å². The van der Waals surface area contributed by atoms with Crippen LogP contribution in [0.2, 0.25) is 0 Å². The number of ether oxygens (including phenoxy) is 1. The quantitative estimate of drug-likeness (QED) is 0.744. The number of thiazole rings is 1. The molecule has 0 saturated heterocycles. The molecule has 112 valence electrons.